The molecule has 0 fully saturated rings. The quantitative estimate of drug-likeness (QED) is 0.345. The number of halogens is 1. The highest BCUT2D eigenvalue weighted by Gasteiger charge is 2.28. The molecule has 1 atom stereocenters. The summed E-state index contributed by atoms with van der Waals surface area (Å²) in [6, 6.07) is 19.4. The predicted octanol–water partition coefficient (Wildman–Crippen LogP) is 6.16. The SMILES string of the molecule is COC(=O)C(Sc1nc2c(c(-c3ccc(Cl)cc3)c1C#N)CCCC2)c1ccccc1. The van der Waals surface area contributed by atoms with Crippen LogP contribution in [-0.2, 0) is 22.4 Å². The molecule has 0 saturated carbocycles. The number of esters is 1. The number of pyridine rings is 1. The fourth-order valence-electron chi connectivity index (χ4n) is 3.94. The minimum Gasteiger partial charge on any atom is -0.468 e. The number of nitrogens with zero attached hydrogens (tertiary/aromatic N) is 2. The minimum absolute atomic E-state index is 0.368. The molecule has 1 aromatic heterocycles. The van der Waals surface area contributed by atoms with Crippen LogP contribution >= 0.6 is 23.4 Å². The number of aryl methyl sites for hydroxylation is 1. The Labute approximate surface area is 191 Å². The number of carbonyl (C=O) groups is 1. The number of aromatic nitrogens is 1. The molecule has 0 aliphatic heterocycles. The largest absolute Gasteiger partial charge is 0.468 e. The summed E-state index contributed by atoms with van der Waals surface area (Å²) < 4.78 is 5.07. The van der Waals surface area contributed by atoms with Gasteiger partial charge >= 0.3 is 5.97 Å². The fourth-order valence-corrected chi connectivity index (χ4v) is 5.20. The van der Waals surface area contributed by atoms with Gasteiger partial charge in [0.25, 0.3) is 0 Å². The van der Waals surface area contributed by atoms with Crippen molar-refractivity contribution < 1.29 is 9.53 Å². The molecule has 0 radical (unpaired) electrons. The van der Waals surface area contributed by atoms with E-state index in [0.717, 1.165) is 53.6 Å². The minimum atomic E-state index is -0.606. The number of ether oxygens (including phenoxy) is 1. The number of thioether (sulfide) groups is 1. The van der Waals surface area contributed by atoms with E-state index < -0.39 is 5.25 Å². The third kappa shape index (κ3) is 4.46. The normalized spacial score (nSPS) is 13.7. The average Bonchev–Trinajstić information content (AvgIpc) is 2.82. The highest BCUT2D eigenvalue weighted by atomic mass is 35.5. The van der Waals surface area contributed by atoms with Crippen LogP contribution in [0.15, 0.2) is 59.6 Å². The van der Waals surface area contributed by atoms with Gasteiger partial charge in [-0.25, -0.2) is 4.98 Å². The number of hydrogen-bond donors (Lipinski definition) is 0. The highest BCUT2D eigenvalue weighted by Crippen LogP contribution is 2.42. The first-order valence-corrected chi connectivity index (χ1v) is 11.4. The van der Waals surface area contributed by atoms with Crippen molar-refractivity contribution in [2.75, 3.05) is 7.11 Å². The number of carbonyl (C=O) groups excluding carboxylic acids is 1. The summed E-state index contributed by atoms with van der Waals surface area (Å²) in [5.41, 5.74) is 5.30. The van der Waals surface area contributed by atoms with Gasteiger partial charge in [-0.2, -0.15) is 5.26 Å². The van der Waals surface area contributed by atoms with Crippen molar-refractivity contribution >= 4 is 29.3 Å². The number of nitriles is 1. The Morgan fingerprint density at radius 1 is 1.13 bits per heavy atom. The summed E-state index contributed by atoms with van der Waals surface area (Å²) in [5, 5.41) is 10.8. The van der Waals surface area contributed by atoms with Crippen LogP contribution in [-0.4, -0.2) is 18.1 Å². The average molecular weight is 449 g/mol. The molecular weight excluding hydrogens is 428 g/mol. The van der Waals surface area contributed by atoms with Gasteiger partial charge in [0.05, 0.1) is 12.7 Å². The van der Waals surface area contributed by atoms with Crippen LogP contribution in [0.3, 0.4) is 0 Å². The number of hydrogen-bond acceptors (Lipinski definition) is 5. The number of methoxy groups -OCH3 is 1. The zero-order valence-electron chi connectivity index (χ0n) is 17.1. The van der Waals surface area contributed by atoms with Crippen molar-refractivity contribution in [2.24, 2.45) is 0 Å². The van der Waals surface area contributed by atoms with E-state index in [1.54, 1.807) is 0 Å². The molecule has 3 aromatic rings. The lowest BCUT2D eigenvalue weighted by molar-refractivity contribution is -0.140. The van der Waals surface area contributed by atoms with Crippen molar-refractivity contribution in [1.29, 1.82) is 5.26 Å². The Morgan fingerprint density at radius 2 is 1.84 bits per heavy atom. The summed E-state index contributed by atoms with van der Waals surface area (Å²) in [6.07, 6.45) is 3.89. The van der Waals surface area contributed by atoms with Gasteiger partial charge in [0.2, 0.25) is 0 Å². The van der Waals surface area contributed by atoms with E-state index in [1.807, 2.05) is 54.6 Å². The van der Waals surface area contributed by atoms with Gasteiger partial charge in [-0.15, -0.1) is 0 Å². The molecule has 0 saturated heterocycles. The van der Waals surface area contributed by atoms with Gasteiger partial charge in [-0.1, -0.05) is 65.8 Å². The fraction of sp³-hybridized carbons (Fsp3) is 0.240. The number of fused-ring (bicyclic) bond motifs is 1. The molecule has 4 rings (SSSR count). The molecule has 1 aliphatic carbocycles. The summed E-state index contributed by atoms with van der Waals surface area (Å²) in [4.78, 5) is 17.5. The molecule has 1 unspecified atom stereocenters. The van der Waals surface area contributed by atoms with Crippen LogP contribution < -0.4 is 0 Å². The molecule has 156 valence electrons. The standard InChI is InChI=1S/C25H21ClN2O2S/c1-30-25(29)23(17-7-3-2-4-8-17)31-24-20(15-27)22(16-11-13-18(26)14-12-16)19-9-5-6-10-21(19)28-24/h2-4,7-8,11-14,23H,5-6,9-10H2,1H3. The van der Waals surface area contributed by atoms with E-state index in [-0.39, 0.29) is 5.97 Å². The Kier molecular flexibility index (Phi) is 6.60. The van der Waals surface area contributed by atoms with Gasteiger partial charge in [-0.3, -0.25) is 4.79 Å². The van der Waals surface area contributed by atoms with E-state index in [4.69, 9.17) is 21.3 Å². The van der Waals surface area contributed by atoms with Crippen LogP contribution in [0.4, 0.5) is 0 Å². The maximum atomic E-state index is 12.6. The van der Waals surface area contributed by atoms with Gasteiger partial charge < -0.3 is 4.74 Å². The Balaban J connectivity index is 1.88. The number of rotatable bonds is 5. The van der Waals surface area contributed by atoms with Crippen molar-refractivity contribution in [2.45, 2.75) is 36.0 Å². The van der Waals surface area contributed by atoms with Gasteiger partial charge in [0, 0.05) is 16.3 Å². The van der Waals surface area contributed by atoms with Crippen molar-refractivity contribution in [3.05, 3.63) is 82.0 Å². The van der Waals surface area contributed by atoms with E-state index >= 15 is 0 Å². The molecule has 0 N–H and O–H groups in total. The van der Waals surface area contributed by atoms with Crippen LogP contribution in [0.2, 0.25) is 5.02 Å². The van der Waals surface area contributed by atoms with Crippen LogP contribution in [0.25, 0.3) is 11.1 Å². The summed E-state index contributed by atoms with van der Waals surface area (Å²) in [5.74, 6) is -0.368. The lowest BCUT2D eigenvalue weighted by atomic mass is 9.87. The second-order valence-electron chi connectivity index (χ2n) is 7.35. The smallest absolute Gasteiger partial charge is 0.323 e. The van der Waals surface area contributed by atoms with Crippen molar-refractivity contribution in [3.8, 4) is 17.2 Å². The Hall–Kier alpha value is -2.81. The molecule has 31 heavy (non-hydrogen) atoms. The van der Waals surface area contributed by atoms with E-state index in [1.165, 1.54) is 18.9 Å². The van der Waals surface area contributed by atoms with Gasteiger partial charge in [-0.05, 0) is 54.5 Å². The van der Waals surface area contributed by atoms with E-state index in [9.17, 15) is 10.1 Å². The first-order valence-electron chi connectivity index (χ1n) is 10.1. The third-order valence-corrected chi connectivity index (χ3v) is 6.90. The van der Waals surface area contributed by atoms with Crippen LogP contribution in [0.5, 0.6) is 0 Å². The van der Waals surface area contributed by atoms with Crippen molar-refractivity contribution in [3.63, 3.8) is 0 Å². The van der Waals surface area contributed by atoms with Crippen LogP contribution in [0, 0.1) is 11.3 Å². The summed E-state index contributed by atoms with van der Waals surface area (Å²) in [6.45, 7) is 0. The zero-order chi connectivity index (χ0) is 21.8. The lowest BCUT2D eigenvalue weighted by Gasteiger charge is -2.23. The van der Waals surface area contributed by atoms with Gasteiger partial charge in [0.15, 0.2) is 0 Å². The maximum Gasteiger partial charge on any atom is 0.323 e. The summed E-state index contributed by atoms with van der Waals surface area (Å²) >= 11 is 7.38. The predicted molar refractivity (Wildman–Crippen MR) is 123 cm³/mol. The number of benzene rings is 2. The second kappa shape index (κ2) is 9.55. The molecule has 2 aromatic carbocycles. The molecule has 0 amide bonds. The topological polar surface area (TPSA) is 63.0 Å². The first-order chi connectivity index (χ1) is 15.1. The summed E-state index contributed by atoms with van der Waals surface area (Å²) in [7, 11) is 1.38. The second-order valence-corrected chi connectivity index (χ2v) is 8.88. The molecular formula is C25H21ClN2O2S. The molecule has 4 nitrogen and oxygen atoms in total. The first kappa shape index (κ1) is 21.4. The van der Waals surface area contributed by atoms with E-state index in [2.05, 4.69) is 6.07 Å². The molecule has 0 spiro atoms. The lowest BCUT2D eigenvalue weighted by Crippen LogP contribution is -2.14. The highest BCUT2D eigenvalue weighted by molar-refractivity contribution is 8.00. The zero-order valence-corrected chi connectivity index (χ0v) is 18.7. The van der Waals surface area contributed by atoms with Gasteiger partial charge in [0.1, 0.15) is 16.3 Å². The molecule has 6 heteroatoms. The molecule has 0 bridgehead atoms. The third-order valence-electron chi connectivity index (χ3n) is 5.43. The molecule has 1 aliphatic rings. The maximum absolute atomic E-state index is 12.6. The monoisotopic (exact) mass is 448 g/mol. The van der Waals surface area contributed by atoms with E-state index in [0.29, 0.717) is 15.6 Å². The molecule has 1 heterocycles. The van der Waals surface area contributed by atoms with Crippen molar-refractivity contribution in [1.82, 2.24) is 4.98 Å². The van der Waals surface area contributed by atoms with Crippen LogP contribution in [0.1, 0.15) is 40.5 Å². The Morgan fingerprint density at radius 3 is 2.52 bits per heavy atom. The Bertz CT molecular complexity index is 1140.